The van der Waals surface area contributed by atoms with Crippen LogP contribution in [-0.2, 0) is 0 Å². The summed E-state index contributed by atoms with van der Waals surface area (Å²) in [6, 6.07) is 6.87. The smallest absolute Gasteiger partial charge is 0.159 e. The van der Waals surface area contributed by atoms with Crippen LogP contribution in [0, 0.1) is 0 Å². The minimum atomic E-state index is -0.00771. The average molecular weight is 177 g/mol. The quantitative estimate of drug-likeness (QED) is 0.226. The summed E-state index contributed by atoms with van der Waals surface area (Å²) in [6.45, 7) is 1.49. The fourth-order valence-corrected chi connectivity index (χ4v) is 0.972. The number of ketones is 1. The molecule has 0 amide bonds. The van der Waals surface area contributed by atoms with Crippen molar-refractivity contribution in [2.24, 2.45) is 16.7 Å². The van der Waals surface area contributed by atoms with Gasteiger partial charge in [-0.2, -0.15) is 5.10 Å². The zero-order valence-corrected chi connectivity index (χ0v) is 7.32. The van der Waals surface area contributed by atoms with Crippen LogP contribution in [0.5, 0.6) is 0 Å². The summed E-state index contributed by atoms with van der Waals surface area (Å²) in [4.78, 5) is 11.0. The van der Waals surface area contributed by atoms with Crippen LogP contribution >= 0.6 is 0 Å². The molecular formula is C9H11N3O. The molecule has 0 aromatic heterocycles. The molecule has 0 unspecified atom stereocenters. The van der Waals surface area contributed by atoms with Gasteiger partial charge < -0.3 is 11.6 Å². The molecule has 0 fully saturated rings. The third-order valence-corrected chi connectivity index (χ3v) is 1.70. The fraction of sp³-hybridized carbons (Fsp3) is 0.111. The number of carbonyl (C=O) groups is 1. The Morgan fingerprint density at radius 1 is 1.38 bits per heavy atom. The zero-order valence-electron chi connectivity index (χ0n) is 7.32. The SMILES string of the molecule is CC(=O)c1cccc(C(N)=NN)c1. The van der Waals surface area contributed by atoms with Gasteiger partial charge in [-0.1, -0.05) is 18.2 Å². The third-order valence-electron chi connectivity index (χ3n) is 1.70. The Morgan fingerprint density at radius 2 is 2.00 bits per heavy atom. The molecule has 1 aromatic rings. The first-order valence-corrected chi connectivity index (χ1v) is 3.80. The van der Waals surface area contributed by atoms with Gasteiger partial charge in [-0.15, -0.1) is 0 Å². The van der Waals surface area contributed by atoms with Gasteiger partial charge >= 0.3 is 0 Å². The summed E-state index contributed by atoms with van der Waals surface area (Å²) in [6.07, 6.45) is 0. The van der Waals surface area contributed by atoms with Gasteiger partial charge in [0.15, 0.2) is 5.78 Å². The van der Waals surface area contributed by atoms with Gasteiger partial charge in [-0.3, -0.25) is 4.79 Å². The number of hydrazone groups is 1. The van der Waals surface area contributed by atoms with Crippen molar-refractivity contribution in [3.63, 3.8) is 0 Å². The molecule has 0 radical (unpaired) electrons. The van der Waals surface area contributed by atoms with E-state index in [9.17, 15) is 4.79 Å². The molecule has 0 saturated heterocycles. The fourth-order valence-electron chi connectivity index (χ4n) is 0.972. The summed E-state index contributed by atoms with van der Waals surface area (Å²) in [5.74, 6) is 5.23. The maximum Gasteiger partial charge on any atom is 0.159 e. The first-order valence-electron chi connectivity index (χ1n) is 3.80. The first-order chi connectivity index (χ1) is 6.15. The number of hydrogen-bond acceptors (Lipinski definition) is 3. The number of carbonyl (C=O) groups excluding carboxylic acids is 1. The van der Waals surface area contributed by atoms with E-state index in [0.717, 1.165) is 0 Å². The van der Waals surface area contributed by atoms with Crippen LogP contribution in [0.2, 0.25) is 0 Å². The Balaban J connectivity index is 3.13. The first kappa shape index (κ1) is 9.25. The van der Waals surface area contributed by atoms with Crippen LogP contribution in [0.15, 0.2) is 29.4 Å². The second kappa shape index (κ2) is 3.71. The van der Waals surface area contributed by atoms with Crippen molar-refractivity contribution >= 4 is 11.6 Å². The van der Waals surface area contributed by atoms with E-state index < -0.39 is 0 Å². The lowest BCUT2D eigenvalue weighted by Crippen LogP contribution is -2.15. The number of rotatable bonds is 2. The van der Waals surface area contributed by atoms with Gasteiger partial charge in [-0.05, 0) is 13.0 Å². The molecule has 4 nitrogen and oxygen atoms in total. The van der Waals surface area contributed by atoms with Crippen LogP contribution in [0.4, 0.5) is 0 Å². The summed E-state index contributed by atoms with van der Waals surface area (Å²) in [5.41, 5.74) is 6.74. The molecule has 1 rings (SSSR count). The molecule has 0 aliphatic heterocycles. The minimum Gasteiger partial charge on any atom is -0.382 e. The van der Waals surface area contributed by atoms with Gasteiger partial charge in [-0.25, -0.2) is 0 Å². The van der Waals surface area contributed by atoms with Crippen molar-refractivity contribution in [3.8, 4) is 0 Å². The van der Waals surface area contributed by atoms with Gasteiger partial charge in [0.2, 0.25) is 0 Å². The minimum absolute atomic E-state index is 0.00771. The van der Waals surface area contributed by atoms with Gasteiger partial charge in [0.1, 0.15) is 5.84 Å². The van der Waals surface area contributed by atoms with E-state index in [2.05, 4.69) is 5.10 Å². The van der Waals surface area contributed by atoms with Crippen LogP contribution in [0.3, 0.4) is 0 Å². The second-order valence-corrected chi connectivity index (χ2v) is 2.65. The van der Waals surface area contributed by atoms with Crippen LogP contribution in [0.25, 0.3) is 0 Å². The van der Waals surface area contributed by atoms with E-state index in [1.54, 1.807) is 24.3 Å². The highest BCUT2D eigenvalue weighted by Gasteiger charge is 2.02. The highest BCUT2D eigenvalue weighted by atomic mass is 16.1. The highest BCUT2D eigenvalue weighted by molar-refractivity contribution is 6.01. The lowest BCUT2D eigenvalue weighted by atomic mass is 10.1. The van der Waals surface area contributed by atoms with E-state index >= 15 is 0 Å². The second-order valence-electron chi connectivity index (χ2n) is 2.65. The maximum atomic E-state index is 11.0. The lowest BCUT2D eigenvalue weighted by Gasteiger charge is -2.00. The third kappa shape index (κ3) is 2.05. The molecule has 0 heterocycles. The van der Waals surface area contributed by atoms with Crippen LogP contribution < -0.4 is 11.6 Å². The molecule has 0 bridgehead atoms. The number of nitrogens with two attached hydrogens (primary N) is 2. The van der Waals surface area contributed by atoms with Crippen LogP contribution in [0.1, 0.15) is 22.8 Å². The molecule has 4 N–H and O–H groups in total. The predicted molar refractivity (Wildman–Crippen MR) is 51.4 cm³/mol. The summed E-state index contributed by atoms with van der Waals surface area (Å²) in [7, 11) is 0. The summed E-state index contributed by atoms with van der Waals surface area (Å²) in [5, 5.41) is 3.34. The number of amidine groups is 1. The molecule has 0 saturated carbocycles. The van der Waals surface area contributed by atoms with Crippen molar-refractivity contribution in [2.75, 3.05) is 0 Å². The van der Waals surface area contributed by atoms with Gasteiger partial charge in [0.25, 0.3) is 0 Å². The molecule has 0 atom stereocenters. The van der Waals surface area contributed by atoms with Crippen molar-refractivity contribution in [2.45, 2.75) is 6.92 Å². The van der Waals surface area contributed by atoms with Crippen molar-refractivity contribution < 1.29 is 4.79 Å². The summed E-state index contributed by atoms with van der Waals surface area (Å²) >= 11 is 0. The highest BCUT2D eigenvalue weighted by Crippen LogP contribution is 2.05. The molecule has 68 valence electrons. The predicted octanol–water partition coefficient (Wildman–Crippen LogP) is 0.468. The Labute approximate surface area is 76.2 Å². The largest absolute Gasteiger partial charge is 0.382 e. The monoisotopic (exact) mass is 177 g/mol. The van der Waals surface area contributed by atoms with E-state index in [-0.39, 0.29) is 11.6 Å². The normalized spacial score (nSPS) is 11.3. The average Bonchev–Trinajstić information content (AvgIpc) is 2.17. The molecule has 0 aliphatic carbocycles. The lowest BCUT2D eigenvalue weighted by molar-refractivity contribution is 0.101. The molecule has 4 heteroatoms. The molecule has 0 spiro atoms. The van der Waals surface area contributed by atoms with E-state index in [0.29, 0.717) is 11.1 Å². The number of nitrogens with zero attached hydrogens (tertiary/aromatic N) is 1. The van der Waals surface area contributed by atoms with E-state index in [1.165, 1.54) is 6.92 Å². The Kier molecular flexibility index (Phi) is 2.64. The Bertz CT molecular complexity index is 358. The topological polar surface area (TPSA) is 81.5 Å². The molecule has 13 heavy (non-hydrogen) atoms. The van der Waals surface area contributed by atoms with Crippen molar-refractivity contribution in [1.82, 2.24) is 0 Å². The van der Waals surface area contributed by atoms with E-state index in [1.807, 2.05) is 0 Å². The van der Waals surface area contributed by atoms with Gasteiger partial charge in [0, 0.05) is 11.1 Å². The number of Topliss-reactive ketones (excluding diaryl/α,β-unsaturated/α-hetero) is 1. The molecular weight excluding hydrogens is 166 g/mol. The van der Waals surface area contributed by atoms with Gasteiger partial charge in [0.05, 0.1) is 0 Å². The Morgan fingerprint density at radius 3 is 2.54 bits per heavy atom. The van der Waals surface area contributed by atoms with Crippen molar-refractivity contribution in [3.05, 3.63) is 35.4 Å². The maximum absolute atomic E-state index is 11.0. The summed E-state index contributed by atoms with van der Waals surface area (Å²) < 4.78 is 0. The zero-order chi connectivity index (χ0) is 9.84. The van der Waals surface area contributed by atoms with Crippen molar-refractivity contribution in [1.29, 1.82) is 0 Å². The standard InChI is InChI=1S/C9H11N3O/c1-6(13)7-3-2-4-8(5-7)9(10)12-11/h2-5H,11H2,1H3,(H2,10,12). The molecule has 0 aliphatic rings. The van der Waals surface area contributed by atoms with Crippen LogP contribution in [-0.4, -0.2) is 11.6 Å². The number of benzene rings is 1. The van der Waals surface area contributed by atoms with E-state index in [4.69, 9.17) is 11.6 Å². The Hall–Kier alpha value is -1.84. The number of hydrogen-bond donors (Lipinski definition) is 2. The molecule has 1 aromatic carbocycles.